The van der Waals surface area contributed by atoms with Crippen molar-refractivity contribution in [1.29, 1.82) is 0 Å². The summed E-state index contributed by atoms with van der Waals surface area (Å²) in [5.41, 5.74) is 9.82. The number of hydrogen-bond donors (Lipinski definition) is 2. The molecule has 0 radical (unpaired) electrons. The largest absolute Gasteiger partial charge is 0.351 e. The number of allylic oxidation sites excluding steroid dienone is 1. The van der Waals surface area contributed by atoms with E-state index < -0.39 is 5.92 Å². The van der Waals surface area contributed by atoms with Crippen LogP contribution in [0.4, 0.5) is 0 Å². The Kier molecular flexibility index (Phi) is 7.44. The van der Waals surface area contributed by atoms with Gasteiger partial charge in [0.25, 0.3) is 11.8 Å². The number of nitrogens with one attached hydrogen (secondary N) is 1. The van der Waals surface area contributed by atoms with Crippen LogP contribution in [0, 0.1) is 5.92 Å². The third kappa shape index (κ3) is 5.13. The lowest BCUT2D eigenvalue weighted by atomic mass is 9.95. The molecule has 2 aliphatic heterocycles. The highest BCUT2D eigenvalue weighted by Crippen LogP contribution is 2.28. The maximum atomic E-state index is 13.4. The molecule has 0 fully saturated rings. The number of amides is 3. The Morgan fingerprint density at radius 1 is 1.28 bits per heavy atom. The van der Waals surface area contributed by atoms with Crippen LogP contribution in [0.15, 0.2) is 35.0 Å². The van der Waals surface area contributed by atoms with Gasteiger partial charge in [-0.1, -0.05) is 11.6 Å². The van der Waals surface area contributed by atoms with Gasteiger partial charge in [0.1, 0.15) is 0 Å². The number of pyridine rings is 1. The Hall–Kier alpha value is -3.66. The van der Waals surface area contributed by atoms with Gasteiger partial charge >= 0.3 is 0 Å². The number of rotatable bonds is 7. The van der Waals surface area contributed by atoms with E-state index in [1.807, 2.05) is 32.9 Å². The Bertz CT molecular complexity index is 1300. The van der Waals surface area contributed by atoms with Gasteiger partial charge in [0.15, 0.2) is 5.65 Å². The van der Waals surface area contributed by atoms with Crippen molar-refractivity contribution in [3.63, 3.8) is 0 Å². The zero-order valence-corrected chi connectivity index (χ0v) is 21.2. The molecule has 2 aromatic heterocycles. The van der Waals surface area contributed by atoms with E-state index in [1.165, 1.54) is 0 Å². The van der Waals surface area contributed by atoms with E-state index in [0.29, 0.717) is 60.5 Å². The normalized spacial score (nSPS) is 18.3. The van der Waals surface area contributed by atoms with Crippen molar-refractivity contribution in [2.75, 3.05) is 26.2 Å². The van der Waals surface area contributed by atoms with Crippen LogP contribution in [0.3, 0.4) is 0 Å². The molecule has 3 amide bonds. The first-order valence-corrected chi connectivity index (χ1v) is 12.3. The third-order valence-electron chi connectivity index (χ3n) is 6.59. The predicted octanol–water partition coefficient (Wildman–Crippen LogP) is 2.27. The minimum Gasteiger partial charge on any atom is -0.351 e. The second-order valence-electron chi connectivity index (χ2n) is 9.58. The Balaban J connectivity index is 1.63. The molecule has 0 aromatic carbocycles. The standard InChI is InChI=1S/C26H33N7O3/c1-15(2)33-24-21(14-29-33)19(25(35)28-13-20-16(3)11-17(4)30-26(20)36)12-22(31-24)18-6-9-32(10-7-18)23(34)5-8-27/h6,11-12,14-15,20H,5,7-10,13,27H2,1-4H3,(H,28,35). The monoisotopic (exact) mass is 491 g/mol. The zero-order valence-electron chi connectivity index (χ0n) is 21.2. The van der Waals surface area contributed by atoms with Crippen molar-refractivity contribution in [2.45, 2.75) is 46.6 Å². The molecule has 4 rings (SSSR count). The van der Waals surface area contributed by atoms with Gasteiger partial charge in [-0.2, -0.15) is 5.10 Å². The zero-order chi connectivity index (χ0) is 26.0. The Morgan fingerprint density at radius 3 is 2.69 bits per heavy atom. The summed E-state index contributed by atoms with van der Waals surface area (Å²) in [6, 6.07) is 1.83. The van der Waals surface area contributed by atoms with Crippen LogP contribution in [-0.2, 0) is 9.59 Å². The van der Waals surface area contributed by atoms with E-state index in [2.05, 4.69) is 15.4 Å². The Morgan fingerprint density at radius 2 is 2.06 bits per heavy atom. The molecule has 0 spiro atoms. The molecular weight excluding hydrogens is 458 g/mol. The van der Waals surface area contributed by atoms with Crippen molar-refractivity contribution in [3.8, 4) is 0 Å². The number of nitrogens with two attached hydrogens (primary N) is 1. The van der Waals surface area contributed by atoms with E-state index in [-0.39, 0.29) is 30.3 Å². The van der Waals surface area contributed by atoms with E-state index in [4.69, 9.17) is 10.7 Å². The Labute approximate surface area is 210 Å². The molecule has 2 aromatic rings. The SMILES string of the molecule is CC1=CC(C)=NC(=O)C1CNC(=O)c1cc(C2=CCN(C(=O)CCN)CC2)nc2c1cnn2C(C)C. The molecule has 0 aliphatic carbocycles. The summed E-state index contributed by atoms with van der Waals surface area (Å²) >= 11 is 0. The van der Waals surface area contributed by atoms with Crippen molar-refractivity contribution < 1.29 is 14.4 Å². The van der Waals surface area contributed by atoms with Gasteiger partial charge in [0.2, 0.25) is 5.91 Å². The molecule has 0 saturated heterocycles. The smallest absolute Gasteiger partial charge is 0.254 e. The summed E-state index contributed by atoms with van der Waals surface area (Å²) in [6.45, 7) is 9.22. The number of carbonyl (C=O) groups excluding carboxylic acids is 3. The molecule has 1 atom stereocenters. The van der Waals surface area contributed by atoms with Crippen molar-refractivity contribution >= 4 is 40.0 Å². The molecular formula is C26H33N7O3. The summed E-state index contributed by atoms with van der Waals surface area (Å²) in [6.07, 6.45) is 6.47. The molecule has 0 saturated carbocycles. The number of carbonyl (C=O) groups is 3. The van der Waals surface area contributed by atoms with Gasteiger partial charge in [0.05, 0.1) is 28.8 Å². The summed E-state index contributed by atoms with van der Waals surface area (Å²) < 4.78 is 1.80. The molecule has 3 N–H and O–H groups in total. The number of aliphatic imine (C=N–C) groups is 1. The molecule has 0 bridgehead atoms. The first-order chi connectivity index (χ1) is 17.2. The topological polar surface area (TPSA) is 136 Å². The van der Waals surface area contributed by atoms with Crippen LogP contribution in [0.2, 0.25) is 0 Å². The number of aromatic nitrogens is 3. The minimum absolute atomic E-state index is 0.0373. The molecule has 10 nitrogen and oxygen atoms in total. The molecule has 10 heteroatoms. The first-order valence-electron chi connectivity index (χ1n) is 12.3. The van der Waals surface area contributed by atoms with Crippen LogP contribution in [-0.4, -0.2) is 69.3 Å². The van der Waals surface area contributed by atoms with Gasteiger partial charge in [-0.15, -0.1) is 0 Å². The number of fused-ring (bicyclic) bond motifs is 1. The average Bonchev–Trinajstić information content (AvgIpc) is 3.27. The fourth-order valence-corrected chi connectivity index (χ4v) is 4.61. The molecule has 190 valence electrons. The predicted molar refractivity (Wildman–Crippen MR) is 138 cm³/mol. The summed E-state index contributed by atoms with van der Waals surface area (Å²) in [5, 5.41) is 8.04. The number of hydrogen-bond acceptors (Lipinski definition) is 6. The van der Waals surface area contributed by atoms with Crippen molar-refractivity contribution in [3.05, 3.63) is 41.2 Å². The van der Waals surface area contributed by atoms with Gasteiger partial charge in [-0.25, -0.2) is 14.7 Å². The summed E-state index contributed by atoms with van der Waals surface area (Å²) in [7, 11) is 0. The average molecular weight is 492 g/mol. The highest BCUT2D eigenvalue weighted by molar-refractivity contribution is 6.07. The van der Waals surface area contributed by atoms with Crippen LogP contribution >= 0.6 is 0 Å². The first kappa shape index (κ1) is 25.4. The number of dihydropyridines is 1. The lowest BCUT2D eigenvalue weighted by molar-refractivity contribution is -0.130. The van der Waals surface area contributed by atoms with Crippen LogP contribution in [0.25, 0.3) is 16.6 Å². The van der Waals surface area contributed by atoms with Gasteiger partial charge in [-0.05, 0) is 51.8 Å². The van der Waals surface area contributed by atoms with Crippen molar-refractivity contribution in [1.82, 2.24) is 25.0 Å². The van der Waals surface area contributed by atoms with Crippen LogP contribution in [0.5, 0.6) is 0 Å². The van der Waals surface area contributed by atoms with E-state index >= 15 is 0 Å². The molecule has 1 unspecified atom stereocenters. The summed E-state index contributed by atoms with van der Waals surface area (Å²) in [5.74, 6) is -0.988. The molecule has 4 heterocycles. The third-order valence-corrected chi connectivity index (χ3v) is 6.59. The molecule has 2 aliphatic rings. The lowest BCUT2D eigenvalue weighted by Gasteiger charge is -2.26. The molecule has 36 heavy (non-hydrogen) atoms. The fourth-order valence-electron chi connectivity index (χ4n) is 4.61. The summed E-state index contributed by atoms with van der Waals surface area (Å²) in [4.78, 5) is 48.6. The second-order valence-corrected chi connectivity index (χ2v) is 9.58. The van der Waals surface area contributed by atoms with E-state index in [9.17, 15) is 14.4 Å². The highest BCUT2D eigenvalue weighted by atomic mass is 16.2. The van der Waals surface area contributed by atoms with Gasteiger partial charge in [-0.3, -0.25) is 14.4 Å². The number of nitrogens with zero attached hydrogens (tertiary/aromatic N) is 5. The maximum Gasteiger partial charge on any atom is 0.254 e. The van der Waals surface area contributed by atoms with E-state index in [0.717, 1.165) is 11.1 Å². The quantitative estimate of drug-likeness (QED) is 0.610. The lowest BCUT2D eigenvalue weighted by Crippen LogP contribution is -2.36. The second kappa shape index (κ2) is 10.5. The van der Waals surface area contributed by atoms with Gasteiger partial charge in [0, 0.05) is 44.4 Å². The minimum atomic E-state index is -0.481. The maximum absolute atomic E-state index is 13.4. The van der Waals surface area contributed by atoms with Crippen LogP contribution in [0.1, 0.15) is 62.6 Å². The highest BCUT2D eigenvalue weighted by Gasteiger charge is 2.26. The fraction of sp³-hybridized carbons (Fsp3) is 0.462. The van der Waals surface area contributed by atoms with E-state index in [1.54, 1.807) is 28.8 Å². The van der Waals surface area contributed by atoms with Crippen LogP contribution < -0.4 is 11.1 Å². The van der Waals surface area contributed by atoms with Crippen molar-refractivity contribution in [2.24, 2.45) is 16.6 Å². The van der Waals surface area contributed by atoms with Gasteiger partial charge < -0.3 is 16.0 Å².